The minimum Gasteiger partial charge on any atom is -0.410 e. The molecule has 2 fully saturated rings. The summed E-state index contributed by atoms with van der Waals surface area (Å²) in [4.78, 5) is 14.0. The van der Waals surface area contributed by atoms with Gasteiger partial charge in [0.05, 0.1) is 6.10 Å². The summed E-state index contributed by atoms with van der Waals surface area (Å²) in [6.45, 7) is 3.15. The summed E-state index contributed by atoms with van der Waals surface area (Å²) >= 11 is 11.6. The van der Waals surface area contributed by atoms with Crippen molar-refractivity contribution in [3.05, 3.63) is 29.3 Å². The Labute approximate surface area is 183 Å². The lowest BCUT2D eigenvalue weighted by molar-refractivity contribution is -0.0226. The molecular formula is C23H31Cl2NO3. The SMILES string of the molecule is C[C@@]12CC[C@H]3c4ccc(OC(=O)N(CCCl)CCCl)cc4CC[C@@H]3[C@@H]1CC[C@@H]2O. The fraction of sp³-hybridized carbons (Fsp3) is 0.696. The number of hydrogen-bond acceptors (Lipinski definition) is 3. The van der Waals surface area contributed by atoms with E-state index in [-0.39, 0.29) is 11.5 Å². The molecule has 0 radical (unpaired) electrons. The largest absolute Gasteiger partial charge is 0.415 e. The van der Waals surface area contributed by atoms with Gasteiger partial charge in [-0.25, -0.2) is 4.79 Å². The van der Waals surface area contributed by atoms with Crippen molar-refractivity contribution in [1.29, 1.82) is 0 Å². The van der Waals surface area contributed by atoms with Gasteiger partial charge in [0.25, 0.3) is 0 Å². The van der Waals surface area contributed by atoms with E-state index in [1.165, 1.54) is 11.1 Å². The average Bonchev–Trinajstić information content (AvgIpc) is 3.02. The number of hydrogen-bond donors (Lipinski definition) is 1. The zero-order valence-corrected chi connectivity index (χ0v) is 18.6. The number of aryl methyl sites for hydroxylation is 1. The molecule has 3 aliphatic carbocycles. The van der Waals surface area contributed by atoms with E-state index in [0.29, 0.717) is 48.4 Å². The zero-order valence-electron chi connectivity index (χ0n) is 17.1. The molecule has 4 rings (SSSR count). The van der Waals surface area contributed by atoms with E-state index in [2.05, 4.69) is 13.0 Å². The van der Waals surface area contributed by atoms with Gasteiger partial charge in [-0.05, 0) is 85.0 Å². The summed E-state index contributed by atoms with van der Waals surface area (Å²) < 4.78 is 5.62. The molecule has 4 nitrogen and oxygen atoms in total. The molecule has 0 heterocycles. The van der Waals surface area contributed by atoms with Gasteiger partial charge in [0.2, 0.25) is 0 Å². The fourth-order valence-corrected chi connectivity index (χ4v) is 6.67. The smallest absolute Gasteiger partial charge is 0.410 e. The Morgan fingerprint density at radius 1 is 1.21 bits per heavy atom. The van der Waals surface area contributed by atoms with Crippen LogP contribution in [0.3, 0.4) is 0 Å². The number of alkyl halides is 2. The third kappa shape index (κ3) is 3.88. The predicted octanol–water partition coefficient (Wildman–Crippen LogP) is 5.18. The molecule has 3 aliphatic rings. The van der Waals surface area contributed by atoms with Gasteiger partial charge < -0.3 is 14.7 Å². The number of halogens is 2. The van der Waals surface area contributed by atoms with Crippen LogP contribution in [0.4, 0.5) is 4.79 Å². The Morgan fingerprint density at radius 2 is 1.97 bits per heavy atom. The normalized spacial score (nSPS) is 32.8. The highest BCUT2D eigenvalue weighted by molar-refractivity contribution is 6.18. The third-order valence-electron chi connectivity index (χ3n) is 7.82. The van der Waals surface area contributed by atoms with Crippen LogP contribution in [-0.2, 0) is 6.42 Å². The highest BCUT2D eigenvalue weighted by Crippen LogP contribution is 2.60. The first-order valence-corrected chi connectivity index (χ1v) is 11.9. The molecule has 0 aliphatic heterocycles. The number of carbonyl (C=O) groups is 1. The second-order valence-electron chi connectivity index (χ2n) is 9.15. The summed E-state index contributed by atoms with van der Waals surface area (Å²) in [5.74, 6) is 3.16. The van der Waals surface area contributed by atoms with Gasteiger partial charge in [-0.2, -0.15) is 0 Å². The van der Waals surface area contributed by atoms with E-state index in [1.54, 1.807) is 4.90 Å². The fourth-order valence-electron chi connectivity index (χ4n) is 6.26. The first kappa shape index (κ1) is 21.3. The molecule has 1 aromatic rings. The van der Waals surface area contributed by atoms with Gasteiger partial charge >= 0.3 is 6.09 Å². The molecule has 160 valence electrons. The number of nitrogens with zero attached hydrogens (tertiary/aromatic N) is 1. The molecule has 1 amide bonds. The highest BCUT2D eigenvalue weighted by atomic mass is 35.5. The molecule has 0 saturated heterocycles. The van der Waals surface area contributed by atoms with E-state index in [0.717, 1.165) is 38.5 Å². The van der Waals surface area contributed by atoms with Crippen LogP contribution in [0.1, 0.15) is 56.1 Å². The van der Waals surface area contributed by atoms with Crippen molar-refractivity contribution in [2.45, 2.75) is 57.5 Å². The van der Waals surface area contributed by atoms with E-state index < -0.39 is 6.09 Å². The van der Waals surface area contributed by atoms with Crippen LogP contribution in [0.15, 0.2) is 18.2 Å². The average molecular weight is 440 g/mol. The lowest BCUT2D eigenvalue weighted by Crippen LogP contribution is -2.43. The minimum absolute atomic E-state index is 0.0996. The Hall–Kier alpha value is -0.970. The van der Waals surface area contributed by atoms with Crippen LogP contribution >= 0.6 is 23.2 Å². The number of fused-ring (bicyclic) bond motifs is 5. The van der Waals surface area contributed by atoms with Crippen molar-refractivity contribution in [3.63, 3.8) is 0 Å². The second kappa shape index (κ2) is 8.64. The molecule has 0 unspecified atom stereocenters. The monoisotopic (exact) mass is 439 g/mol. The van der Waals surface area contributed by atoms with Crippen LogP contribution < -0.4 is 4.74 Å². The molecule has 1 N–H and O–H groups in total. The number of aliphatic hydroxyl groups is 1. The summed E-state index contributed by atoms with van der Waals surface area (Å²) in [7, 11) is 0. The first-order chi connectivity index (χ1) is 14.0. The van der Waals surface area contributed by atoms with Crippen molar-refractivity contribution in [3.8, 4) is 5.75 Å². The van der Waals surface area contributed by atoms with E-state index in [4.69, 9.17) is 27.9 Å². The number of amides is 1. The minimum atomic E-state index is -0.395. The van der Waals surface area contributed by atoms with Crippen LogP contribution in [0.25, 0.3) is 0 Å². The summed E-state index contributed by atoms with van der Waals surface area (Å²) in [5.41, 5.74) is 2.82. The van der Waals surface area contributed by atoms with Crippen molar-refractivity contribution >= 4 is 29.3 Å². The van der Waals surface area contributed by atoms with Crippen molar-refractivity contribution in [2.24, 2.45) is 17.3 Å². The zero-order chi connectivity index (χ0) is 20.6. The van der Waals surface area contributed by atoms with Crippen molar-refractivity contribution in [1.82, 2.24) is 4.90 Å². The van der Waals surface area contributed by atoms with E-state index >= 15 is 0 Å². The standard InChI is InChI=1S/C23H31Cl2NO3/c1-23-9-8-18-17-5-3-16(29-22(28)26(12-10-24)13-11-25)14-15(17)2-4-19(18)20(23)6-7-21(23)27/h3,5,14,18-21,27H,2,4,6-13H2,1H3/t18-,19-,20-,21-,23+/m0/s1. The Balaban J connectivity index is 1.49. The maximum absolute atomic E-state index is 12.4. The number of rotatable bonds is 5. The maximum atomic E-state index is 12.4. The van der Waals surface area contributed by atoms with E-state index in [1.807, 2.05) is 12.1 Å². The molecule has 1 aromatic carbocycles. The predicted molar refractivity (Wildman–Crippen MR) is 116 cm³/mol. The van der Waals surface area contributed by atoms with Gasteiger partial charge in [0.1, 0.15) is 5.75 Å². The Morgan fingerprint density at radius 3 is 2.69 bits per heavy atom. The molecular weight excluding hydrogens is 409 g/mol. The molecule has 0 bridgehead atoms. The lowest BCUT2D eigenvalue weighted by atomic mass is 9.55. The van der Waals surface area contributed by atoms with Crippen LogP contribution in [0.5, 0.6) is 5.75 Å². The first-order valence-electron chi connectivity index (χ1n) is 10.9. The summed E-state index contributed by atoms with van der Waals surface area (Å²) in [5, 5.41) is 10.5. The molecule has 2 saturated carbocycles. The molecule has 0 aromatic heterocycles. The maximum Gasteiger partial charge on any atom is 0.415 e. The number of ether oxygens (including phenoxy) is 1. The Kier molecular flexibility index (Phi) is 6.34. The molecule has 6 heteroatoms. The number of aliphatic hydroxyl groups excluding tert-OH is 1. The van der Waals surface area contributed by atoms with Gasteiger partial charge in [-0.3, -0.25) is 0 Å². The second-order valence-corrected chi connectivity index (χ2v) is 9.90. The quantitative estimate of drug-likeness (QED) is 0.642. The summed E-state index contributed by atoms with van der Waals surface area (Å²) in [6, 6.07) is 6.13. The van der Waals surface area contributed by atoms with Crippen LogP contribution in [0, 0.1) is 17.3 Å². The lowest BCUT2D eigenvalue weighted by Gasteiger charge is -2.50. The van der Waals surface area contributed by atoms with Gasteiger partial charge in [0, 0.05) is 24.8 Å². The van der Waals surface area contributed by atoms with Gasteiger partial charge in [-0.15, -0.1) is 23.2 Å². The van der Waals surface area contributed by atoms with Crippen molar-refractivity contribution < 1.29 is 14.6 Å². The van der Waals surface area contributed by atoms with Crippen LogP contribution in [-0.4, -0.2) is 47.1 Å². The molecule has 29 heavy (non-hydrogen) atoms. The van der Waals surface area contributed by atoms with Crippen LogP contribution in [0.2, 0.25) is 0 Å². The van der Waals surface area contributed by atoms with Crippen molar-refractivity contribution in [2.75, 3.05) is 24.8 Å². The number of benzene rings is 1. The number of carbonyl (C=O) groups excluding carboxylic acids is 1. The van der Waals surface area contributed by atoms with E-state index in [9.17, 15) is 9.90 Å². The molecule has 5 atom stereocenters. The third-order valence-corrected chi connectivity index (χ3v) is 8.16. The highest BCUT2D eigenvalue weighted by Gasteiger charge is 2.54. The molecule has 0 spiro atoms. The topological polar surface area (TPSA) is 49.8 Å². The van der Waals surface area contributed by atoms with Gasteiger partial charge in [-0.1, -0.05) is 13.0 Å². The Bertz CT molecular complexity index is 752. The summed E-state index contributed by atoms with van der Waals surface area (Å²) in [6.07, 6.45) is 5.98. The van der Waals surface area contributed by atoms with Gasteiger partial charge in [0.15, 0.2) is 0 Å².